The van der Waals surface area contributed by atoms with Gasteiger partial charge in [0.05, 0.1) is 10.6 Å². The van der Waals surface area contributed by atoms with Gasteiger partial charge < -0.3 is 10.5 Å². The Kier molecular flexibility index (Phi) is 4.31. The highest BCUT2D eigenvalue weighted by molar-refractivity contribution is 7.89. The molecule has 0 radical (unpaired) electrons. The van der Waals surface area contributed by atoms with Crippen LogP contribution in [0.3, 0.4) is 0 Å². The smallest absolute Gasteiger partial charge is 0.240 e. The lowest BCUT2D eigenvalue weighted by Crippen LogP contribution is -2.39. The lowest BCUT2D eigenvalue weighted by molar-refractivity contribution is 0.0265. The molecule has 3 N–H and O–H groups in total. The summed E-state index contributed by atoms with van der Waals surface area (Å²) in [5.74, 6) is -0.625. The molecule has 0 amide bonds. The van der Waals surface area contributed by atoms with Crippen molar-refractivity contribution < 1.29 is 17.5 Å². The zero-order valence-corrected chi connectivity index (χ0v) is 12.2. The fourth-order valence-electron chi connectivity index (χ4n) is 2.08. The molecule has 1 saturated heterocycles. The summed E-state index contributed by atoms with van der Waals surface area (Å²) in [4.78, 5) is -0.0212. The van der Waals surface area contributed by atoms with Gasteiger partial charge in [-0.3, -0.25) is 0 Å². The number of nitrogens with one attached hydrogen (secondary N) is 1. The monoisotopic (exact) mass is 302 g/mol. The van der Waals surface area contributed by atoms with Crippen LogP contribution < -0.4 is 10.5 Å². The number of nitrogens with two attached hydrogens (primary N) is 1. The van der Waals surface area contributed by atoms with Gasteiger partial charge in [0.1, 0.15) is 5.82 Å². The zero-order valence-electron chi connectivity index (χ0n) is 11.4. The van der Waals surface area contributed by atoms with E-state index in [0.29, 0.717) is 19.8 Å². The molecule has 2 rings (SSSR count). The van der Waals surface area contributed by atoms with Gasteiger partial charge in [-0.25, -0.2) is 17.5 Å². The molecule has 1 fully saturated rings. The van der Waals surface area contributed by atoms with Crippen LogP contribution in [-0.2, 0) is 14.8 Å². The van der Waals surface area contributed by atoms with Crippen LogP contribution in [0.25, 0.3) is 0 Å². The molecule has 1 aromatic rings. The van der Waals surface area contributed by atoms with Crippen LogP contribution in [0.4, 0.5) is 10.1 Å². The van der Waals surface area contributed by atoms with E-state index < -0.39 is 15.8 Å². The van der Waals surface area contributed by atoms with Crippen molar-refractivity contribution in [1.82, 2.24) is 4.72 Å². The molecule has 0 unspecified atom stereocenters. The Balaban J connectivity index is 2.09. The van der Waals surface area contributed by atoms with Gasteiger partial charge in [0.15, 0.2) is 0 Å². The number of benzene rings is 1. The van der Waals surface area contributed by atoms with Gasteiger partial charge in [-0.2, -0.15) is 0 Å². The molecule has 0 aliphatic carbocycles. The van der Waals surface area contributed by atoms with Crippen molar-refractivity contribution in [2.75, 3.05) is 25.5 Å². The number of anilines is 1. The number of ether oxygens (including phenoxy) is 1. The first-order valence-electron chi connectivity index (χ1n) is 6.45. The van der Waals surface area contributed by atoms with Crippen molar-refractivity contribution in [3.8, 4) is 0 Å². The van der Waals surface area contributed by atoms with E-state index in [0.717, 1.165) is 25.0 Å². The van der Waals surface area contributed by atoms with Gasteiger partial charge in [0.2, 0.25) is 10.0 Å². The van der Waals surface area contributed by atoms with Gasteiger partial charge in [0.25, 0.3) is 0 Å². The highest BCUT2D eigenvalue weighted by atomic mass is 32.2. The standard InChI is InChI=1S/C13H19FN2O3S/c1-13(4-6-19-7-5-13)9-16-20(17,18)10-2-3-11(14)12(15)8-10/h2-3,8,16H,4-7,9,15H2,1H3. The van der Waals surface area contributed by atoms with Crippen molar-refractivity contribution in [1.29, 1.82) is 0 Å². The lowest BCUT2D eigenvalue weighted by atomic mass is 9.83. The molecule has 0 atom stereocenters. The maximum atomic E-state index is 13.1. The topological polar surface area (TPSA) is 81.4 Å². The first-order chi connectivity index (χ1) is 9.32. The summed E-state index contributed by atoms with van der Waals surface area (Å²) in [6.45, 7) is 3.64. The van der Waals surface area contributed by atoms with Crippen molar-refractivity contribution in [2.24, 2.45) is 5.41 Å². The molecular weight excluding hydrogens is 283 g/mol. The lowest BCUT2D eigenvalue weighted by Gasteiger charge is -2.33. The van der Waals surface area contributed by atoms with E-state index in [1.54, 1.807) is 0 Å². The summed E-state index contributed by atoms with van der Waals surface area (Å²) in [6, 6.07) is 3.39. The van der Waals surface area contributed by atoms with Gasteiger partial charge in [-0.15, -0.1) is 0 Å². The van der Waals surface area contributed by atoms with Crippen LogP contribution in [0, 0.1) is 11.2 Å². The number of rotatable bonds is 4. The van der Waals surface area contributed by atoms with E-state index in [1.807, 2.05) is 6.92 Å². The predicted molar refractivity (Wildman–Crippen MR) is 74.2 cm³/mol. The molecule has 20 heavy (non-hydrogen) atoms. The summed E-state index contributed by atoms with van der Waals surface area (Å²) in [7, 11) is -3.67. The molecule has 7 heteroatoms. The number of hydrogen-bond donors (Lipinski definition) is 2. The summed E-state index contributed by atoms with van der Waals surface area (Å²) < 4.78 is 45.2. The van der Waals surface area contributed by atoms with E-state index >= 15 is 0 Å². The highest BCUT2D eigenvalue weighted by Gasteiger charge is 2.29. The van der Waals surface area contributed by atoms with Gasteiger partial charge in [-0.1, -0.05) is 6.92 Å². The third-order valence-corrected chi connectivity index (χ3v) is 5.07. The molecule has 1 aliphatic heterocycles. The van der Waals surface area contributed by atoms with E-state index in [-0.39, 0.29) is 16.0 Å². The molecule has 5 nitrogen and oxygen atoms in total. The first-order valence-corrected chi connectivity index (χ1v) is 7.93. The average molecular weight is 302 g/mol. The largest absolute Gasteiger partial charge is 0.396 e. The van der Waals surface area contributed by atoms with E-state index in [1.165, 1.54) is 6.07 Å². The molecule has 1 heterocycles. The second-order valence-electron chi connectivity index (χ2n) is 5.43. The summed E-state index contributed by atoms with van der Waals surface area (Å²) in [6.07, 6.45) is 1.61. The molecule has 1 aromatic carbocycles. The maximum absolute atomic E-state index is 13.1. The minimum atomic E-state index is -3.67. The average Bonchev–Trinajstić information content (AvgIpc) is 2.41. The van der Waals surface area contributed by atoms with Crippen LogP contribution in [0.1, 0.15) is 19.8 Å². The Labute approximate surface area is 118 Å². The first kappa shape index (κ1) is 15.2. The Hall–Kier alpha value is -1.18. The predicted octanol–water partition coefficient (Wildman–Crippen LogP) is 1.50. The number of halogens is 1. The Morgan fingerprint density at radius 3 is 2.65 bits per heavy atom. The second-order valence-corrected chi connectivity index (χ2v) is 7.20. The van der Waals surface area contributed by atoms with Crippen molar-refractivity contribution in [2.45, 2.75) is 24.7 Å². The summed E-state index contributed by atoms with van der Waals surface area (Å²) in [5, 5.41) is 0. The molecule has 0 saturated carbocycles. The zero-order chi connectivity index (χ0) is 14.8. The summed E-state index contributed by atoms with van der Waals surface area (Å²) in [5.41, 5.74) is 5.11. The second kappa shape index (κ2) is 5.67. The third-order valence-electron chi connectivity index (χ3n) is 3.67. The highest BCUT2D eigenvalue weighted by Crippen LogP contribution is 2.29. The van der Waals surface area contributed by atoms with Crippen LogP contribution in [0.2, 0.25) is 0 Å². The molecule has 0 bridgehead atoms. The normalized spacial score (nSPS) is 18.9. The third kappa shape index (κ3) is 3.47. The quantitative estimate of drug-likeness (QED) is 0.826. The number of nitrogen functional groups attached to an aromatic ring is 1. The molecule has 1 aliphatic rings. The van der Waals surface area contributed by atoms with Crippen LogP contribution in [-0.4, -0.2) is 28.2 Å². The van der Waals surface area contributed by atoms with Gasteiger partial charge in [-0.05, 0) is 36.5 Å². The van der Waals surface area contributed by atoms with Crippen molar-refractivity contribution >= 4 is 15.7 Å². The summed E-state index contributed by atoms with van der Waals surface area (Å²) >= 11 is 0. The minimum Gasteiger partial charge on any atom is -0.396 e. The fraction of sp³-hybridized carbons (Fsp3) is 0.538. The van der Waals surface area contributed by atoms with Crippen molar-refractivity contribution in [3.05, 3.63) is 24.0 Å². The van der Waals surface area contributed by atoms with Crippen molar-refractivity contribution in [3.63, 3.8) is 0 Å². The number of hydrogen-bond acceptors (Lipinski definition) is 4. The van der Waals surface area contributed by atoms with Gasteiger partial charge in [0, 0.05) is 19.8 Å². The Morgan fingerprint density at radius 2 is 2.05 bits per heavy atom. The molecule has 0 aromatic heterocycles. The minimum absolute atomic E-state index is 0.0212. The van der Waals surface area contributed by atoms with Crippen LogP contribution in [0.15, 0.2) is 23.1 Å². The molecule has 0 spiro atoms. The van der Waals surface area contributed by atoms with E-state index in [2.05, 4.69) is 4.72 Å². The van der Waals surface area contributed by atoms with Crippen LogP contribution >= 0.6 is 0 Å². The SMILES string of the molecule is CC1(CNS(=O)(=O)c2ccc(F)c(N)c2)CCOCC1. The Bertz CT molecular complexity index is 583. The number of sulfonamides is 1. The fourth-order valence-corrected chi connectivity index (χ4v) is 3.32. The molecular formula is C13H19FN2O3S. The Morgan fingerprint density at radius 1 is 1.40 bits per heavy atom. The van der Waals surface area contributed by atoms with Gasteiger partial charge >= 0.3 is 0 Å². The van der Waals surface area contributed by atoms with Crippen LogP contribution in [0.5, 0.6) is 0 Å². The molecule has 112 valence electrons. The van der Waals surface area contributed by atoms with E-state index in [9.17, 15) is 12.8 Å². The maximum Gasteiger partial charge on any atom is 0.240 e. The van der Waals surface area contributed by atoms with E-state index in [4.69, 9.17) is 10.5 Å².